The van der Waals surface area contributed by atoms with Crippen molar-refractivity contribution < 1.29 is 14.3 Å². The number of amides is 2. The largest absolute Gasteiger partial charge is 0.497 e. The zero-order valence-electron chi connectivity index (χ0n) is 18.8. The number of likely N-dealkylation sites (N-methyl/N-ethyl adjacent to an activating group) is 1. The molecular weight excluding hydrogens is 392 g/mol. The molecule has 7 heteroatoms. The van der Waals surface area contributed by atoms with Crippen molar-refractivity contribution in [3.05, 3.63) is 59.2 Å². The van der Waals surface area contributed by atoms with Gasteiger partial charge in [0.2, 0.25) is 5.91 Å². The van der Waals surface area contributed by atoms with Crippen LogP contribution in [0, 0.1) is 13.8 Å². The molecule has 0 spiro atoms. The van der Waals surface area contributed by atoms with Crippen LogP contribution < -0.4 is 15.1 Å². The smallest absolute Gasteiger partial charge is 0.267 e. The second kappa shape index (κ2) is 9.75. The predicted octanol–water partition coefficient (Wildman–Crippen LogP) is 3.21. The third kappa shape index (κ3) is 5.30. The van der Waals surface area contributed by atoms with Crippen molar-refractivity contribution in [1.82, 2.24) is 10.2 Å². The van der Waals surface area contributed by atoms with Crippen LogP contribution >= 0.6 is 0 Å². The number of ether oxygens (including phenoxy) is 1. The normalized spacial score (nSPS) is 15.0. The molecule has 1 heterocycles. The molecule has 7 nitrogen and oxygen atoms in total. The van der Waals surface area contributed by atoms with Gasteiger partial charge in [-0.15, -0.1) is 0 Å². The topological polar surface area (TPSA) is 74.2 Å². The number of methoxy groups -OCH3 is 1. The Balaban J connectivity index is 1.75. The highest BCUT2D eigenvalue weighted by molar-refractivity contribution is 6.40. The summed E-state index contributed by atoms with van der Waals surface area (Å²) in [5.74, 6) is 0.441. The fourth-order valence-electron chi connectivity index (χ4n) is 3.57. The van der Waals surface area contributed by atoms with Gasteiger partial charge < -0.3 is 15.0 Å². The molecule has 0 saturated carbocycles. The number of hydrogen-bond donors (Lipinski definition) is 1. The van der Waals surface area contributed by atoms with Crippen molar-refractivity contribution in [2.24, 2.45) is 5.10 Å². The van der Waals surface area contributed by atoms with Gasteiger partial charge in [0.25, 0.3) is 5.91 Å². The molecule has 1 N–H and O–H groups in total. The number of anilines is 1. The number of carbonyl (C=O) groups is 2. The molecule has 164 valence electrons. The van der Waals surface area contributed by atoms with Crippen LogP contribution in [-0.2, 0) is 9.59 Å². The summed E-state index contributed by atoms with van der Waals surface area (Å²) in [6.45, 7) is 4.33. The summed E-state index contributed by atoms with van der Waals surface area (Å²) in [5, 5.41) is 8.77. The monoisotopic (exact) mass is 422 g/mol. The fraction of sp³-hybridized carbons (Fsp3) is 0.375. The average Bonchev–Trinajstić information content (AvgIpc) is 2.76. The first-order valence-corrected chi connectivity index (χ1v) is 10.4. The summed E-state index contributed by atoms with van der Waals surface area (Å²) in [5.41, 5.74) is 4.14. The number of hydrogen-bond acceptors (Lipinski definition) is 5. The second-order valence-corrected chi connectivity index (χ2v) is 8.00. The summed E-state index contributed by atoms with van der Waals surface area (Å²) < 4.78 is 5.23. The standard InChI is InChI=1S/C24H30N4O3/c1-16-6-7-17(2)21(14-16)28-23(29)13-12-20(26-28)24(30)25-15-22(27(3)4)18-8-10-19(31-5)11-9-18/h6-11,14,22H,12-13,15H2,1-5H3,(H,25,30). The lowest BCUT2D eigenvalue weighted by atomic mass is 10.1. The third-order valence-corrected chi connectivity index (χ3v) is 5.47. The van der Waals surface area contributed by atoms with E-state index >= 15 is 0 Å². The van der Waals surface area contributed by atoms with Crippen LogP contribution in [0.25, 0.3) is 0 Å². The van der Waals surface area contributed by atoms with Gasteiger partial charge in [0.15, 0.2) is 0 Å². The van der Waals surface area contributed by atoms with Crippen LogP contribution in [0.2, 0.25) is 0 Å². The van der Waals surface area contributed by atoms with Crippen LogP contribution in [0.1, 0.15) is 35.6 Å². The van der Waals surface area contributed by atoms with Gasteiger partial charge in [-0.05, 0) is 62.8 Å². The van der Waals surface area contributed by atoms with Crippen molar-refractivity contribution >= 4 is 23.2 Å². The number of nitrogens with one attached hydrogen (secondary N) is 1. The zero-order chi connectivity index (χ0) is 22.5. The van der Waals surface area contributed by atoms with Crippen molar-refractivity contribution in [3.8, 4) is 5.75 Å². The van der Waals surface area contributed by atoms with E-state index in [2.05, 4.69) is 15.3 Å². The molecule has 0 fully saturated rings. The summed E-state index contributed by atoms with van der Waals surface area (Å²) in [7, 11) is 5.58. The molecule has 0 aliphatic carbocycles. The number of nitrogens with zero attached hydrogens (tertiary/aromatic N) is 3. The molecule has 0 saturated heterocycles. The van der Waals surface area contributed by atoms with E-state index in [9.17, 15) is 9.59 Å². The zero-order valence-corrected chi connectivity index (χ0v) is 18.8. The Morgan fingerprint density at radius 1 is 1.16 bits per heavy atom. The van der Waals surface area contributed by atoms with Crippen LogP contribution in [-0.4, -0.2) is 50.2 Å². The van der Waals surface area contributed by atoms with Crippen molar-refractivity contribution in [1.29, 1.82) is 0 Å². The predicted molar refractivity (Wildman–Crippen MR) is 123 cm³/mol. The number of benzene rings is 2. The fourth-order valence-corrected chi connectivity index (χ4v) is 3.57. The molecule has 0 bridgehead atoms. The van der Waals surface area contributed by atoms with Gasteiger partial charge >= 0.3 is 0 Å². The molecule has 31 heavy (non-hydrogen) atoms. The minimum absolute atomic E-state index is 0.00389. The van der Waals surface area contributed by atoms with Crippen LogP contribution in [0.3, 0.4) is 0 Å². The molecule has 3 rings (SSSR count). The van der Waals surface area contributed by atoms with E-state index in [1.54, 1.807) is 7.11 Å². The summed E-state index contributed by atoms with van der Waals surface area (Å²) in [6, 6.07) is 13.7. The lowest BCUT2D eigenvalue weighted by Crippen LogP contribution is -2.42. The Bertz CT molecular complexity index is 983. The second-order valence-electron chi connectivity index (χ2n) is 8.00. The highest BCUT2D eigenvalue weighted by atomic mass is 16.5. The Labute approximate surface area is 183 Å². The lowest BCUT2D eigenvalue weighted by molar-refractivity contribution is -0.119. The van der Waals surface area contributed by atoms with Gasteiger partial charge in [0.1, 0.15) is 11.5 Å². The van der Waals surface area contributed by atoms with E-state index in [0.29, 0.717) is 18.7 Å². The summed E-state index contributed by atoms with van der Waals surface area (Å²) in [4.78, 5) is 27.4. The Morgan fingerprint density at radius 2 is 1.87 bits per heavy atom. The van der Waals surface area contributed by atoms with E-state index in [0.717, 1.165) is 28.1 Å². The first kappa shape index (κ1) is 22.5. The molecule has 1 aliphatic rings. The minimum atomic E-state index is -0.247. The molecule has 2 aromatic carbocycles. The Kier molecular flexibility index (Phi) is 7.07. The average molecular weight is 423 g/mol. The molecule has 2 aromatic rings. The van der Waals surface area contributed by atoms with Crippen LogP contribution in [0.5, 0.6) is 5.75 Å². The summed E-state index contributed by atoms with van der Waals surface area (Å²) >= 11 is 0. The molecule has 0 radical (unpaired) electrons. The van der Waals surface area contributed by atoms with Crippen LogP contribution in [0.15, 0.2) is 47.6 Å². The highest BCUT2D eigenvalue weighted by Crippen LogP contribution is 2.26. The number of carbonyl (C=O) groups excluding carboxylic acids is 2. The molecule has 1 unspecified atom stereocenters. The first-order chi connectivity index (χ1) is 14.8. The molecule has 0 aromatic heterocycles. The van der Waals surface area contributed by atoms with Gasteiger partial charge in [-0.3, -0.25) is 9.59 Å². The lowest BCUT2D eigenvalue weighted by Gasteiger charge is -2.27. The maximum atomic E-state index is 12.9. The number of hydrazone groups is 1. The van der Waals surface area contributed by atoms with Gasteiger partial charge in [-0.25, -0.2) is 5.01 Å². The number of aryl methyl sites for hydroxylation is 2. The Hall–Kier alpha value is -3.19. The van der Waals surface area contributed by atoms with Crippen molar-refractivity contribution in [2.45, 2.75) is 32.7 Å². The van der Waals surface area contributed by atoms with Crippen molar-refractivity contribution in [3.63, 3.8) is 0 Å². The van der Waals surface area contributed by atoms with Gasteiger partial charge in [-0.2, -0.15) is 5.10 Å². The maximum absolute atomic E-state index is 12.9. The van der Waals surface area contributed by atoms with Gasteiger partial charge in [0, 0.05) is 19.4 Å². The Morgan fingerprint density at radius 3 is 2.52 bits per heavy atom. The van der Waals surface area contributed by atoms with Crippen molar-refractivity contribution in [2.75, 3.05) is 32.8 Å². The molecular formula is C24H30N4O3. The summed E-state index contributed by atoms with van der Waals surface area (Å²) in [6.07, 6.45) is 0.594. The first-order valence-electron chi connectivity index (χ1n) is 10.4. The van der Waals surface area contributed by atoms with E-state index in [1.807, 2.05) is 70.4 Å². The van der Waals surface area contributed by atoms with Gasteiger partial charge in [0.05, 0.1) is 18.8 Å². The quantitative estimate of drug-likeness (QED) is 0.744. The SMILES string of the molecule is COc1ccc(C(CNC(=O)C2=NN(c3cc(C)ccc3C)C(=O)CC2)N(C)C)cc1. The van der Waals surface area contributed by atoms with E-state index in [1.165, 1.54) is 5.01 Å². The van der Waals surface area contributed by atoms with Crippen LogP contribution in [0.4, 0.5) is 5.69 Å². The van der Waals surface area contributed by atoms with Gasteiger partial charge in [-0.1, -0.05) is 24.3 Å². The van der Waals surface area contributed by atoms with E-state index < -0.39 is 0 Å². The maximum Gasteiger partial charge on any atom is 0.267 e. The van der Waals surface area contributed by atoms with E-state index in [-0.39, 0.29) is 24.3 Å². The van der Waals surface area contributed by atoms with E-state index in [4.69, 9.17) is 4.74 Å². The molecule has 2 amide bonds. The minimum Gasteiger partial charge on any atom is -0.497 e. The number of rotatable bonds is 7. The third-order valence-electron chi connectivity index (χ3n) is 5.47. The highest BCUT2D eigenvalue weighted by Gasteiger charge is 2.27. The molecule has 1 aliphatic heterocycles. The molecule has 1 atom stereocenters.